The lowest BCUT2D eigenvalue weighted by Crippen LogP contribution is -1.99. The van der Waals surface area contributed by atoms with Crippen LogP contribution in [-0.4, -0.2) is 5.71 Å². The van der Waals surface area contributed by atoms with E-state index in [0.717, 1.165) is 5.57 Å². The standard InChI is InChI=1S/C13H17N/c1-9(2)13(11(4)14)12-8-6-5-7-10(12)3/h5-8,14H,1-4H3. The molecular formula is C13H17N. The van der Waals surface area contributed by atoms with Gasteiger partial charge in [-0.25, -0.2) is 0 Å². The Morgan fingerprint density at radius 1 is 1.07 bits per heavy atom. The summed E-state index contributed by atoms with van der Waals surface area (Å²) in [4.78, 5) is 0. The maximum Gasteiger partial charge on any atom is 0.0360 e. The molecule has 1 heteroatoms. The first-order valence-corrected chi connectivity index (χ1v) is 4.83. The normalized spacial score (nSPS) is 9.71. The van der Waals surface area contributed by atoms with E-state index in [1.165, 1.54) is 16.7 Å². The molecule has 0 fully saturated rings. The van der Waals surface area contributed by atoms with E-state index in [0.29, 0.717) is 5.71 Å². The van der Waals surface area contributed by atoms with Crippen molar-refractivity contribution in [3.05, 3.63) is 41.0 Å². The highest BCUT2D eigenvalue weighted by atomic mass is 14.4. The van der Waals surface area contributed by atoms with Crippen LogP contribution in [0.2, 0.25) is 0 Å². The molecule has 0 aliphatic rings. The minimum atomic E-state index is 0.638. The highest BCUT2D eigenvalue weighted by Crippen LogP contribution is 2.22. The first-order valence-electron chi connectivity index (χ1n) is 4.83. The third-order valence-electron chi connectivity index (χ3n) is 2.29. The van der Waals surface area contributed by atoms with Crippen molar-refractivity contribution in [3.63, 3.8) is 0 Å². The van der Waals surface area contributed by atoms with Crippen molar-refractivity contribution < 1.29 is 0 Å². The maximum atomic E-state index is 7.76. The Bertz CT molecular complexity index is 382. The molecule has 0 aromatic heterocycles. The van der Waals surface area contributed by atoms with Gasteiger partial charge in [0.2, 0.25) is 0 Å². The molecule has 0 unspecified atom stereocenters. The summed E-state index contributed by atoms with van der Waals surface area (Å²) >= 11 is 0. The lowest BCUT2D eigenvalue weighted by Gasteiger charge is -2.11. The van der Waals surface area contributed by atoms with E-state index in [-0.39, 0.29) is 0 Å². The highest BCUT2D eigenvalue weighted by molar-refractivity contribution is 6.22. The Kier molecular flexibility index (Phi) is 3.23. The number of hydrogen-bond donors (Lipinski definition) is 1. The van der Waals surface area contributed by atoms with Gasteiger partial charge in [-0.2, -0.15) is 0 Å². The zero-order chi connectivity index (χ0) is 10.7. The average molecular weight is 187 g/mol. The van der Waals surface area contributed by atoms with Crippen molar-refractivity contribution in [3.8, 4) is 0 Å². The van der Waals surface area contributed by atoms with Gasteiger partial charge < -0.3 is 5.41 Å². The largest absolute Gasteiger partial charge is 0.305 e. The molecule has 0 heterocycles. The predicted molar refractivity (Wildman–Crippen MR) is 62.8 cm³/mol. The third-order valence-corrected chi connectivity index (χ3v) is 2.29. The van der Waals surface area contributed by atoms with Crippen molar-refractivity contribution in [2.24, 2.45) is 0 Å². The van der Waals surface area contributed by atoms with E-state index < -0.39 is 0 Å². The number of rotatable bonds is 2. The van der Waals surface area contributed by atoms with Crippen LogP contribution in [0.4, 0.5) is 0 Å². The average Bonchev–Trinajstić information content (AvgIpc) is 2.07. The summed E-state index contributed by atoms with van der Waals surface area (Å²) < 4.78 is 0. The maximum absolute atomic E-state index is 7.76. The van der Waals surface area contributed by atoms with Crippen LogP contribution in [0.15, 0.2) is 29.8 Å². The topological polar surface area (TPSA) is 23.9 Å². The highest BCUT2D eigenvalue weighted by Gasteiger charge is 2.07. The molecule has 14 heavy (non-hydrogen) atoms. The second-order valence-corrected chi connectivity index (χ2v) is 3.81. The number of allylic oxidation sites excluding steroid dienone is 2. The van der Waals surface area contributed by atoms with Gasteiger partial charge in [-0.05, 0) is 38.8 Å². The number of benzene rings is 1. The molecule has 0 aliphatic heterocycles. The van der Waals surface area contributed by atoms with Gasteiger partial charge in [-0.15, -0.1) is 0 Å². The minimum Gasteiger partial charge on any atom is -0.305 e. The smallest absolute Gasteiger partial charge is 0.0360 e. The molecular weight excluding hydrogens is 170 g/mol. The van der Waals surface area contributed by atoms with Gasteiger partial charge in [0.25, 0.3) is 0 Å². The molecule has 0 saturated carbocycles. The molecule has 0 spiro atoms. The molecule has 0 aliphatic carbocycles. The number of hydrogen-bond acceptors (Lipinski definition) is 1. The quantitative estimate of drug-likeness (QED) is 0.680. The second kappa shape index (κ2) is 4.23. The van der Waals surface area contributed by atoms with Crippen LogP contribution in [0.25, 0.3) is 5.57 Å². The SMILES string of the molecule is CC(=N)C(=C(C)C)c1ccccc1C. The summed E-state index contributed by atoms with van der Waals surface area (Å²) in [7, 11) is 0. The van der Waals surface area contributed by atoms with E-state index in [2.05, 4.69) is 32.9 Å². The van der Waals surface area contributed by atoms with Gasteiger partial charge in [-0.3, -0.25) is 0 Å². The van der Waals surface area contributed by atoms with Gasteiger partial charge in [0, 0.05) is 11.3 Å². The molecule has 74 valence electrons. The Morgan fingerprint density at radius 2 is 1.64 bits per heavy atom. The summed E-state index contributed by atoms with van der Waals surface area (Å²) in [6.07, 6.45) is 0. The summed E-state index contributed by atoms with van der Waals surface area (Å²) in [5, 5.41) is 7.76. The van der Waals surface area contributed by atoms with E-state index in [4.69, 9.17) is 5.41 Å². The molecule has 1 rings (SSSR count). The van der Waals surface area contributed by atoms with Gasteiger partial charge >= 0.3 is 0 Å². The second-order valence-electron chi connectivity index (χ2n) is 3.81. The first kappa shape index (κ1) is 10.7. The Balaban J connectivity index is 3.35. The summed E-state index contributed by atoms with van der Waals surface area (Å²) in [6, 6.07) is 8.21. The van der Waals surface area contributed by atoms with Gasteiger partial charge in [-0.1, -0.05) is 29.8 Å². The minimum absolute atomic E-state index is 0.638. The van der Waals surface area contributed by atoms with Crippen LogP contribution in [-0.2, 0) is 0 Å². The van der Waals surface area contributed by atoms with Crippen molar-refractivity contribution in [1.29, 1.82) is 5.41 Å². The van der Waals surface area contributed by atoms with Gasteiger partial charge in [0.05, 0.1) is 0 Å². The predicted octanol–water partition coefficient (Wildman–Crippen LogP) is 3.83. The van der Waals surface area contributed by atoms with Crippen molar-refractivity contribution in [1.82, 2.24) is 0 Å². The molecule has 0 radical (unpaired) electrons. The number of aryl methyl sites for hydroxylation is 1. The molecule has 0 saturated heterocycles. The van der Waals surface area contributed by atoms with Crippen molar-refractivity contribution >= 4 is 11.3 Å². The zero-order valence-corrected chi connectivity index (χ0v) is 9.31. The Labute approximate surface area is 86.0 Å². The van der Waals surface area contributed by atoms with Crippen LogP contribution in [0, 0.1) is 12.3 Å². The fraction of sp³-hybridized carbons (Fsp3) is 0.308. The third kappa shape index (κ3) is 2.11. The molecule has 1 nitrogen and oxygen atoms in total. The van der Waals surface area contributed by atoms with E-state index >= 15 is 0 Å². The van der Waals surface area contributed by atoms with Crippen LogP contribution in [0.5, 0.6) is 0 Å². The fourth-order valence-electron chi connectivity index (χ4n) is 1.70. The van der Waals surface area contributed by atoms with E-state index in [9.17, 15) is 0 Å². The summed E-state index contributed by atoms with van der Waals surface area (Å²) in [5.74, 6) is 0. The molecule has 1 aromatic rings. The fourth-order valence-corrected chi connectivity index (χ4v) is 1.70. The molecule has 0 amide bonds. The Hall–Kier alpha value is -1.37. The van der Waals surface area contributed by atoms with E-state index in [1.807, 2.05) is 19.1 Å². The van der Waals surface area contributed by atoms with Crippen LogP contribution >= 0.6 is 0 Å². The lowest BCUT2D eigenvalue weighted by atomic mass is 9.94. The van der Waals surface area contributed by atoms with Crippen LogP contribution in [0.1, 0.15) is 31.9 Å². The van der Waals surface area contributed by atoms with E-state index in [1.54, 1.807) is 0 Å². The zero-order valence-electron chi connectivity index (χ0n) is 9.31. The van der Waals surface area contributed by atoms with Crippen molar-refractivity contribution in [2.75, 3.05) is 0 Å². The molecule has 1 aromatic carbocycles. The lowest BCUT2D eigenvalue weighted by molar-refractivity contribution is 1.35. The Morgan fingerprint density at radius 3 is 2.07 bits per heavy atom. The molecule has 1 N–H and O–H groups in total. The van der Waals surface area contributed by atoms with Crippen LogP contribution in [0.3, 0.4) is 0 Å². The molecule has 0 bridgehead atoms. The van der Waals surface area contributed by atoms with Crippen LogP contribution < -0.4 is 0 Å². The summed E-state index contributed by atoms with van der Waals surface area (Å²) in [6.45, 7) is 8.04. The van der Waals surface area contributed by atoms with Gasteiger partial charge in [0.15, 0.2) is 0 Å². The molecule has 0 atom stereocenters. The number of nitrogens with one attached hydrogen (secondary N) is 1. The first-order chi connectivity index (χ1) is 6.54. The van der Waals surface area contributed by atoms with Crippen molar-refractivity contribution in [2.45, 2.75) is 27.7 Å². The van der Waals surface area contributed by atoms with Gasteiger partial charge in [0.1, 0.15) is 0 Å². The monoisotopic (exact) mass is 187 g/mol. The summed E-state index contributed by atoms with van der Waals surface area (Å²) in [5.41, 5.74) is 5.32.